The monoisotopic (exact) mass is 422 g/mol. The third-order valence-corrected chi connectivity index (χ3v) is 5.78. The summed E-state index contributed by atoms with van der Waals surface area (Å²) in [6, 6.07) is 6.08. The van der Waals surface area contributed by atoms with E-state index in [-0.39, 0.29) is 0 Å². The predicted molar refractivity (Wildman–Crippen MR) is 129 cm³/mol. The number of rotatable bonds is 14. The van der Waals surface area contributed by atoms with E-state index in [1.54, 1.807) is 6.08 Å². The summed E-state index contributed by atoms with van der Waals surface area (Å²) < 4.78 is 0. The van der Waals surface area contributed by atoms with Crippen LogP contribution in [0.5, 0.6) is 0 Å². The molecule has 0 aliphatic rings. The number of aromatic nitrogens is 2. The summed E-state index contributed by atoms with van der Waals surface area (Å²) in [5, 5.41) is 8.99. The second kappa shape index (κ2) is 13.7. The van der Waals surface area contributed by atoms with E-state index in [2.05, 4.69) is 36.8 Å². The topological polar surface area (TPSA) is 63.1 Å². The summed E-state index contributed by atoms with van der Waals surface area (Å²) in [4.78, 5) is 20.2. The first-order valence-electron chi connectivity index (χ1n) is 11.9. The van der Waals surface area contributed by atoms with Crippen LogP contribution in [-0.2, 0) is 11.2 Å². The van der Waals surface area contributed by atoms with Gasteiger partial charge in [-0.3, -0.25) is 0 Å². The number of aliphatic carboxylic acids is 1. The van der Waals surface area contributed by atoms with Crippen molar-refractivity contribution in [1.29, 1.82) is 0 Å². The van der Waals surface area contributed by atoms with Gasteiger partial charge in [0.1, 0.15) is 0 Å². The highest BCUT2D eigenvalue weighted by Gasteiger charge is 2.12. The van der Waals surface area contributed by atoms with Crippen LogP contribution in [0.3, 0.4) is 0 Å². The minimum absolute atomic E-state index is 0.343. The van der Waals surface area contributed by atoms with Gasteiger partial charge in [-0.15, -0.1) is 0 Å². The lowest BCUT2D eigenvalue weighted by molar-refractivity contribution is -0.131. The number of carboxylic acids is 1. The van der Waals surface area contributed by atoms with E-state index in [1.807, 2.05) is 24.5 Å². The zero-order valence-electron chi connectivity index (χ0n) is 19.4. The number of carbonyl (C=O) groups is 1. The maximum absolute atomic E-state index is 10.9. The average molecular weight is 423 g/mol. The Bertz CT molecular complexity index is 828. The quantitative estimate of drug-likeness (QED) is 0.254. The fraction of sp³-hybridized carbons (Fsp3) is 0.519. The van der Waals surface area contributed by atoms with E-state index in [0.29, 0.717) is 5.92 Å². The molecule has 1 N–H and O–H groups in total. The average Bonchev–Trinajstić information content (AvgIpc) is 2.77. The fourth-order valence-corrected chi connectivity index (χ4v) is 3.96. The van der Waals surface area contributed by atoms with Gasteiger partial charge in [-0.1, -0.05) is 77.8 Å². The Hall–Kier alpha value is -2.49. The molecule has 1 heterocycles. The van der Waals surface area contributed by atoms with E-state index in [0.717, 1.165) is 41.8 Å². The van der Waals surface area contributed by atoms with Crippen LogP contribution in [0, 0.1) is 0 Å². The van der Waals surface area contributed by atoms with Gasteiger partial charge in [0, 0.05) is 24.0 Å². The Morgan fingerprint density at radius 2 is 1.68 bits per heavy atom. The van der Waals surface area contributed by atoms with Crippen molar-refractivity contribution in [2.75, 3.05) is 0 Å². The highest BCUT2D eigenvalue weighted by molar-refractivity contribution is 5.85. The Morgan fingerprint density at radius 1 is 1.00 bits per heavy atom. The number of nitrogens with zero attached hydrogens (tertiary/aromatic N) is 2. The minimum Gasteiger partial charge on any atom is -0.478 e. The van der Waals surface area contributed by atoms with Gasteiger partial charge in [-0.25, -0.2) is 14.8 Å². The molecular formula is C27H38N2O2. The van der Waals surface area contributed by atoms with Crippen LogP contribution in [0.4, 0.5) is 0 Å². The van der Waals surface area contributed by atoms with Crippen molar-refractivity contribution in [3.8, 4) is 11.4 Å². The van der Waals surface area contributed by atoms with Crippen molar-refractivity contribution in [2.24, 2.45) is 0 Å². The summed E-state index contributed by atoms with van der Waals surface area (Å²) in [6.45, 7) is 6.61. The molecular weight excluding hydrogens is 384 g/mol. The standard InChI is InChI=1S/C27H38N2O2/c1-4-6-7-8-9-10-11-13-22-19-28-27(29-20-22)24-15-14-23(16-17-26(30)31)25(18-24)21(3)12-5-2/h14-21H,4-13H2,1-3H3,(H,30,31)/b17-16+. The van der Waals surface area contributed by atoms with Crippen molar-refractivity contribution in [1.82, 2.24) is 9.97 Å². The maximum atomic E-state index is 10.9. The van der Waals surface area contributed by atoms with E-state index in [9.17, 15) is 4.79 Å². The van der Waals surface area contributed by atoms with Crippen LogP contribution in [0.1, 0.15) is 101 Å². The van der Waals surface area contributed by atoms with Crippen LogP contribution in [0.2, 0.25) is 0 Å². The first kappa shape index (κ1) is 24.8. The summed E-state index contributed by atoms with van der Waals surface area (Å²) >= 11 is 0. The maximum Gasteiger partial charge on any atom is 0.328 e. The molecule has 0 amide bonds. The van der Waals surface area contributed by atoms with Crippen molar-refractivity contribution in [3.63, 3.8) is 0 Å². The third kappa shape index (κ3) is 8.64. The molecule has 0 bridgehead atoms. The molecule has 2 aromatic rings. The molecule has 4 heteroatoms. The minimum atomic E-state index is -0.932. The first-order valence-corrected chi connectivity index (χ1v) is 11.9. The molecule has 1 atom stereocenters. The van der Waals surface area contributed by atoms with Crippen LogP contribution >= 0.6 is 0 Å². The highest BCUT2D eigenvalue weighted by Crippen LogP contribution is 2.29. The number of hydrogen-bond donors (Lipinski definition) is 1. The molecule has 2 rings (SSSR count). The Balaban J connectivity index is 2.04. The normalized spacial score (nSPS) is 12.4. The van der Waals surface area contributed by atoms with Gasteiger partial charge < -0.3 is 5.11 Å². The van der Waals surface area contributed by atoms with E-state index < -0.39 is 5.97 Å². The molecule has 1 aromatic carbocycles. The first-order chi connectivity index (χ1) is 15.0. The van der Waals surface area contributed by atoms with E-state index in [1.165, 1.54) is 56.6 Å². The lowest BCUT2D eigenvalue weighted by atomic mass is 9.90. The molecule has 1 unspecified atom stereocenters. The molecule has 0 saturated carbocycles. The summed E-state index contributed by atoms with van der Waals surface area (Å²) in [5.41, 5.74) is 4.26. The van der Waals surface area contributed by atoms with Gasteiger partial charge in [-0.2, -0.15) is 0 Å². The zero-order chi connectivity index (χ0) is 22.5. The zero-order valence-corrected chi connectivity index (χ0v) is 19.4. The Labute approximate surface area is 187 Å². The molecule has 0 aliphatic heterocycles. The van der Waals surface area contributed by atoms with Gasteiger partial charge in [0.2, 0.25) is 0 Å². The van der Waals surface area contributed by atoms with Crippen LogP contribution < -0.4 is 0 Å². The molecule has 0 saturated heterocycles. The molecule has 168 valence electrons. The van der Waals surface area contributed by atoms with Crippen LogP contribution in [-0.4, -0.2) is 21.0 Å². The van der Waals surface area contributed by atoms with Gasteiger partial charge in [0.25, 0.3) is 0 Å². The van der Waals surface area contributed by atoms with Crippen molar-refractivity contribution < 1.29 is 9.90 Å². The largest absolute Gasteiger partial charge is 0.478 e. The predicted octanol–water partition coefficient (Wildman–Crippen LogP) is 7.44. The number of benzene rings is 1. The summed E-state index contributed by atoms with van der Waals surface area (Å²) in [7, 11) is 0. The molecule has 0 radical (unpaired) electrons. The molecule has 1 aromatic heterocycles. The second-order valence-electron chi connectivity index (χ2n) is 8.49. The smallest absolute Gasteiger partial charge is 0.328 e. The summed E-state index contributed by atoms with van der Waals surface area (Å²) in [6.07, 6.45) is 19.1. The SMILES string of the molecule is CCCCCCCCCc1cnc(-c2ccc(/C=C/C(=O)O)c(C(C)CCC)c2)nc1. The number of hydrogen-bond acceptors (Lipinski definition) is 3. The highest BCUT2D eigenvalue weighted by atomic mass is 16.4. The van der Waals surface area contributed by atoms with Crippen molar-refractivity contribution >= 4 is 12.0 Å². The van der Waals surface area contributed by atoms with E-state index >= 15 is 0 Å². The Morgan fingerprint density at radius 3 is 2.32 bits per heavy atom. The van der Waals surface area contributed by atoms with Crippen LogP contribution in [0.25, 0.3) is 17.5 Å². The number of carboxylic acid groups (broad SMARTS) is 1. The van der Waals surface area contributed by atoms with Gasteiger partial charge in [0.05, 0.1) is 0 Å². The van der Waals surface area contributed by atoms with Crippen molar-refractivity contribution in [2.45, 2.75) is 90.9 Å². The lowest BCUT2D eigenvalue weighted by Crippen LogP contribution is -1.99. The molecule has 0 aliphatic carbocycles. The molecule has 31 heavy (non-hydrogen) atoms. The van der Waals surface area contributed by atoms with Gasteiger partial charge >= 0.3 is 5.97 Å². The fourth-order valence-electron chi connectivity index (χ4n) is 3.96. The number of unbranched alkanes of at least 4 members (excludes halogenated alkanes) is 6. The van der Waals surface area contributed by atoms with Crippen LogP contribution in [0.15, 0.2) is 36.7 Å². The van der Waals surface area contributed by atoms with E-state index in [4.69, 9.17) is 5.11 Å². The van der Waals surface area contributed by atoms with Gasteiger partial charge in [-0.05, 0) is 54.0 Å². The molecule has 0 fully saturated rings. The molecule has 0 spiro atoms. The number of aryl methyl sites for hydroxylation is 1. The lowest BCUT2D eigenvalue weighted by Gasteiger charge is -2.15. The van der Waals surface area contributed by atoms with Gasteiger partial charge in [0.15, 0.2) is 5.82 Å². The van der Waals surface area contributed by atoms with Crippen molar-refractivity contribution in [3.05, 3.63) is 53.4 Å². The third-order valence-electron chi connectivity index (χ3n) is 5.78. The second-order valence-corrected chi connectivity index (χ2v) is 8.49. The summed E-state index contributed by atoms with van der Waals surface area (Å²) in [5.74, 6) is 0.134. The molecule has 4 nitrogen and oxygen atoms in total. The Kier molecular flexibility index (Phi) is 11.0.